The first-order valence-corrected chi connectivity index (χ1v) is 9.47. The topological polar surface area (TPSA) is 66.9 Å². The molecule has 0 saturated carbocycles. The van der Waals surface area contributed by atoms with Crippen molar-refractivity contribution < 1.29 is 23.5 Å². The Morgan fingerprint density at radius 2 is 1.86 bits per heavy atom. The van der Waals surface area contributed by atoms with E-state index in [2.05, 4.69) is 0 Å². The van der Waals surface area contributed by atoms with Gasteiger partial charge in [0.25, 0.3) is 11.8 Å². The average Bonchev–Trinajstić information content (AvgIpc) is 3.02. The van der Waals surface area contributed by atoms with E-state index in [9.17, 15) is 18.8 Å². The van der Waals surface area contributed by atoms with Gasteiger partial charge in [0.15, 0.2) is 0 Å². The maximum absolute atomic E-state index is 14.2. The Kier molecular flexibility index (Phi) is 5.96. The summed E-state index contributed by atoms with van der Waals surface area (Å²) in [6.07, 6.45) is 0.413. The molecular formula is C22H23FN2O4. The van der Waals surface area contributed by atoms with Gasteiger partial charge in [0, 0.05) is 6.04 Å². The van der Waals surface area contributed by atoms with E-state index in [1.54, 1.807) is 37.3 Å². The molecule has 1 saturated heterocycles. The third-order valence-electron chi connectivity index (χ3n) is 5.19. The van der Waals surface area contributed by atoms with Gasteiger partial charge in [-0.1, -0.05) is 19.1 Å². The van der Waals surface area contributed by atoms with Crippen molar-refractivity contribution in [2.24, 2.45) is 0 Å². The number of methoxy groups -OCH3 is 1. The summed E-state index contributed by atoms with van der Waals surface area (Å²) >= 11 is 0. The van der Waals surface area contributed by atoms with Crippen LogP contribution in [0.5, 0.6) is 5.75 Å². The standard InChI is InChI=1S/C22H23FN2O4/c1-4-14(2)24(21(27)17-7-5-6-8-18(17)23)19-13-20(26)25(22(19)28)15-9-11-16(29-3)12-10-15/h5-12,14,19H,4,13H2,1-3H3. The summed E-state index contributed by atoms with van der Waals surface area (Å²) in [5.41, 5.74) is 0.293. The first-order chi connectivity index (χ1) is 13.9. The summed E-state index contributed by atoms with van der Waals surface area (Å²) in [6, 6.07) is 10.9. The van der Waals surface area contributed by atoms with Crippen molar-refractivity contribution >= 4 is 23.4 Å². The van der Waals surface area contributed by atoms with E-state index in [1.165, 1.54) is 30.2 Å². The Hall–Kier alpha value is -3.22. The molecule has 152 valence electrons. The maximum Gasteiger partial charge on any atom is 0.257 e. The van der Waals surface area contributed by atoms with Crippen molar-refractivity contribution in [3.63, 3.8) is 0 Å². The molecule has 3 rings (SSSR count). The zero-order valence-corrected chi connectivity index (χ0v) is 16.6. The number of imide groups is 1. The molecule has 0 aromatic heterocycles. The van der Waals surface area contributed by atoms with Gasteiger partial charge < -0.3 is 9.64 Å². The molecule has 0 radical (unpaired) electrons. The Balaban J connectivity index is 1.94. The van der Waals surface area contributed by atoms with Crippen molar-refractivity contribution in [3.8, 4) is 5.75 Å². The van der Waals surface area contributed by atoms with Gasteiger partial charge in [-0.25, -0.2) is 9.29 Å². The van der Waals surface area contributed by atoms with Crippen LogP contribution in [-0.2, 0) is 9.59 Å². The molecule has 0 spiro atoms. The number of halogens is 1. The van der Waals surface area contributed by atoms with Crippen molar-refractivity contribution in [1.29, 1.82) is 0 Å². The fourth-order valence-electron chi connectivity index (χ4n) is 3.46. The maximum atomic E-state index is 14.2. The molecule has 0 aliphatic carbocycles. The van der Waals surface area contributed by atoms with E-state index >= 15 is 0 Å². The van der Waals surface area contributed by atoms with Crippen molar-refractivity contribution in [2.45, 2.75) is 38.8 Å². The van der Waals surface area contributed by atoms with Crippen LogP contribution >= 0.6 is 0 Å². The van der Waals surface area contributed by atoms with Gasteiger partial charge in [-0.05, 0) is 49.7 Å². The molecular weight excluding hydrogens is 375 g/mol. The number of amides is 3. The summed E-state index contributed by atoms with van der Waals surface area (Å²) in [5, 5.41) is 0. The van der Waals surface area contributed by atoms with Crippen molar-refractivity contribution in [1.82, 2.24) is 4.90 Å². The minimum Gasteiger partial charge on any atom is -0.497 e. The van der Waals surface area contributed by atoms with E-state index in [0.29, 0.717) is 17.9 Å². The molecule has 2 aromatic rings. The summed E-state index contributed by atoms with van der Waals surface area (Å²) in [4.78, 5) is 41.3. The Bertz CT molecular complexity index is 929. The van der Waals surface area contributed by atoms with Crippen LogP contribution in [0.2, 0.25) is 0 Å². The quantitative estimate of drug-likeness (QED) is 0.700. The van der Waals surface area contributed by atoms with E-state index in [4.69, 9.17) is 4.74 Å². The second kappa shape index (κ2) is 8.43. The molecule has 7 heteroatoms. The third kappa shape index (κ3) is 3.85. The summed E-state index contributed by atoms with van der Waals surface area (Å²) < 4.78 is 19.3. The number of nitrogens with zero attached hydrogens (tertiary/aromatic N) is 2. The van der Waals surface area contributed by atoms with Crippen molar-refractivity contribution in [3.05, 3.63) is 59.9 Å². The lowest BCUT2D eigenvalue weighted by Gasteiger charge is -2.33. The molecule has 1 aliphatic heterocycles. The van der Waals surface area contributed by atoms with Crippen LogP contribution in [0.4, 0.5) is 10.1 Å². The largest absolute Gasteiger partial charge is 0.497 e. The molecule has 6 nitrogen and oxygen atoms in total. The number of anilines is 1. The molecule has 0 N–H and O–H groups in total. The van der Waals surface area contributed by atoms with E-state index in [-0.39, 0.29) is 18.0 Å². The molecule has 2 aromatic carbocycles. The molecule has 1 aliphatic rings. The molecule has 1 heterocycles. The predicted molar refractivity (Wildman–Crippen MR) is 106 cm³/mol. The fourth-order valence-corrected chi connectivity index (χ4v) is 3.46. The summed E-state index contributed by atoms with van der Waals surface area (Å²) in [7, 11) is 1.52. The van der Waals surface area contributed by atoms with Gasteiger partial charge in [-0.3, -0.25) is 14.4 Å². The molecule has 29 heavy (non-hydrogen) atoms. The predicted octanol–water partition coefficient (Wildman–Crippen LogP) is 3.41. The lowest BCUT2D eigenvalue weighted by atomic mass is 10.1. The van der Waals surface area contributed by atoms with Crippen LogP contribution in [0, 0.1) is 5.82 Å². The summed E-state index contributed by atoms with van der Waals surface area (Å²) in [6.45, 7) is 3.65. The van der Waals surface area contributed by atoms with Crippen LogP contribution in [-0.4, -0.2) is 41.8 Å². The van der Waals surface area contributed by atoms with Gasteiger partial charge in [-0.2, -0.15) is 0 Å². The Labute approximate surface area is 168 Å². The number of carbonyl (C=O) groups excluding carboxylic acids is 3. The van der Waals surface area contributed by atoms with E-state index < -0.39 is 29.6 Å². The Morgan fingerprint density at radius 1 is 1.21 bits per heavy atom. The number of hydrogen-bond acceptors (Lipinski definition) is 4. The SMILES string of the molecule is CCC(C)N(C(=O)c1ccccc1F)C1CC(=O)N(c2ccc(OC)cc2)C1=O. The van der Waals surface area contributed by atoms with Gasteiger partial charge >= 0.3 is 0 Å². The normalized spacial score (nSPS) is 17.4. The molecule has 2 atom stereocenters. The lowest BCUT2D eigenvalue weighted by Crippen LogP contribution is -2.50. The van der Waals surface area contributed by atoms with Gasteiger partial charge in [0.1, 0.15) is 17.6 Å². The highest BCUT2D eigenvalue weighted by molar-refractivity contribution is 6.23. The molecule has 0 bridgehead atoms. The van der Waals surface area contributed by atoms with Gasteiger partial charge in [-0.15, -0.1) is 0 Å². The molecule has 1 fully saturated rings. The Morgan fingerprint density at radius 3 is 2.45 bits per heavy atom. The van der Waals surface area contributed by atoms with Crippen molar-refractivity contribution in [2.75, 3.05) is 12.0 Å². The number of hydrogen-bond donors (Lipinski definition) is 0. The average molecular weight is 398 g/mol. The summed E-state index contributed by atoms with van der Waals surface area (Å²) in [5.74, 6) is -1.56. The van der Waals surface area contributed by atoms with Gasteiger partial charge in [0.05, 0.1) is 24.8 Å². The molecule has 3 amide bonds. The lowest BCUT2D eigenvalue weighted by molar-refractivity contribution is -0.122. The van der Waals surface area contributed by atoms with E-state index in [0.717, 1.165) is 4.90 Å². The highest BCUT2D eigenvalue weighted by atomic mass is 19.1. The number of rotatable bonds is 6. The number of carbonyl (C=O) groups is 3. The second-order valence-corrected chi connectivity index (χ2v) is 6.93. The highest BCUT2D eigenvalue weighted by Crippen LogP contribution is 2.29. The number of benzene rings is 2. The van der Waals surface area contributed by atoms with Gasteiger partial charge in [0.2, 0.25) is 5.91 Å². The third-order valence-corrected chi connectivity index (χ3v) is 5.19. The van der Waals surface area contributed by atoms with E-state index in [1.807, 2.05) is 6.92 Å². The fraction of sp³-hybridized carbons (Fsp3) is 0.318. The second-order valence-electron chi connectivity index (χ2n) is 6.93. The first kappa shape index (κ1) is 20.5. The zero-order valence-electron chi connectivity index (χ0n) is 16.6. The van der Waals surface area contributed by atoms with Crippen LogP contribution in [0.1, 0.15) is 37.0 Å². The minimum atomic E-state index is -0.980. The van der Waals surface area contributed by atoms with Crippen LogP contribution in [0.3, 0.4) is 0 Å². The monoisotopic (exact) mass is 398 g/mol. The first-order valence-electron chi connectivity index (χ1n) is 9.47. The minimum absolute atomic E-state index is 0.115. The van der Waals surface area contributed by atoms with Crippen LogP contribution in [0.25, 0.3) is 0 Å². The molecule has 2 unspecified atom stereocenters. The zero-order chi connectivity index (χ0) is 21.1. The van der Waals surface area contributed by atoms with Crippen LogP contribution < -0.4 is 9.64 Å². The highest BCUT2D eigenvalue weighted by Gasteiger charge is 2.46. The smallest absolute Gasteiger partial charge is 0.257 e. The van der Waals surface area contributed by atoms with Crippen LogP contribution in [0.15, 0.2) is 48.5 Å². The number of ether oxygens (including phenoxy) is 1.